The van der Waals surface area contributed by atoms with Crippen LogP contribution in [0.25, 0.3) is 10.9 Å². The van der Waals surface area contributed by atoms with Crippen molar-refractivity contribution in [2.75, 3.05) is 31.6 Å². The zero-order valence-electron chi connectivity index (χ0n) is 16.3. The molecule has 0 spiro atoms. The molecule has 0 radical (unpaired) electrons. The van der Waals surface area contributed by atoms with Gasteiger partial charge in [0.15, 0.2) is 0 Å². The Labute approximate surface area is 165 Å². The number of rotatable bonds is 4. The predicted molar refractivity (Wildman–Crippen MR) is 112 cm³/mol. The Morgan fingerprint density at radius 1 is 1.07 bits per heavy atom. The first-order valence-corrected chi connectivity index (χ1v) is 9.75. The van der Waals surface area contributed by atoms with Crippen LogP contribution in [-0.2, 0) is 4.74 Å². The Kier molecular flexibility index (Phi) is 5.26. The highest BCUT2D eigenvalue weighted by Crippen LogP contribution is 2.30. The predicted octanol–water partition coefficient (Wildman–Crippen LogP) is 4.57. The molecule has 1 aromatic heterocycles. The number of carbonyl (C=O) groups is 1. The van der Waals surface area contributed by atoms with Crippen molar-refractivity contribution < 1.29 is 9.53 Å². The number of pyridine rings is 1. The van der Waals surface area contributed by atoms with Gasteiger partial charge in [0, 0.05) is 30.4 Å². The number of aromatic nitrogens is 1. The van der Waals surface area contributed by atoms with Gasteiger partial charge >= 0.3 is 0 Å². The van der Waals surface area contributed by atoms with Gasteiger partial charge in [-0.3, -0.25) is 9.78 Å². The molecule has 28 heavy (non-hydrogen) atoms. The normalized spacial score (nSPS) is 14.5. The fraction of sp³-hybridized carbons (Fsp3) is 0.304. The topological polar surface area (TPSA) is 54.5 Å². The Morgan fingerprint density at radius 3 is 2.50 bits per heavy atom. The lowest BCUT2D eigenvalue weighted by atomic mass is 10.0. The van der Waals surface area contributed by atoms with E-state index in [1.54, 1.807) is 6.20 Å². The number of para-hydroxylation sites is 1. The first-order valence-electron chi connectivity index (χ1n) is 9.75. The van der Waals surface area contributed by atoms with Crippen LogP contribution in [0.4, 0.5) is 11.4 Å². The van der Waals surface area contributed by atoms with Crippen molar-refractivity contribution in [2.24, 2.45) is 0 Å². The van der Waals surface area contributed by atoms with E-state index in [0.717, 1.165) is 22.3 Å². The van der Waals surface area contributed by atoms with E-state index < -0.39 is 0 Å². The molecule has 1 aliphatic heterocycles. The van der Waals surface area contributed by atoms with Crippen LogP contribution in [0.5, 0.6) is 0 Å². The minimum absolute atomic E-state index is 0.0112. The molecule has 1 amide bonds. The molecule has 0 atom stereocenters. The summed E-state index contributed by atoms with van der Waals surface area (Å²) < 4.78 is 5.39. The fourth-order valence-corrected chi connectivity index (χ4v) is 3.47. The van der Waals surface area contributed by atoms with Crippen molar-refractivity contribution in [1.29, 1.82) is 0 Å². The third-order valence-corrected chi connectivity index (χ3v) is 5.15. The number of fused-ring (bicyclic) bond motifs is 1. The maximum atomic E-state index is 13.2. The van der Waals surface area contributed by atoms with Gasteiger partial charge in [0.25, 0.3) is 5.91 Å². The fourth-order valence-electron chi connectivity index (χ4n) is 3.47. The Morgan fingerprint density at radius 2 is 1.79 bits per heavy atom. The number of morpholine rings is 1. The third kappa shape index (κ3) is 3.71. The number of hydrogen-bond donors (Lipinski definition) is 1. The summed E-state index contributed by atoms with van der Waals surface area (Å²) in [5, 5.41) is 4.42. The second-order valence-electron chi connectivity index (χ2n) is 7.37. The van der Waals surface area contributed by atoms with Gasteiger partial charge in [0.1, 0.15) is 0 Å². The molecular weight excluding hydrogens is 350 g/mol. The summed E-state index contributed by atoms with van der Waals surface area (Å²) in [7, 11) is 0. The molecule has 0 aliphatic carbocycles. The standard InChI is InChI=1S/C23H25N3O2/c1-16(2)17-7-9-18(10-8-17)25-22-19-5-3-4-6-21(19)24-15-20(22)23(27)26-11-13-28-14-12-26/h3-10,15-16H,11-14H2,1-2H3,(H,24,25). The first-order chi connectivity index (χ1) is 13.6. The molecule has 0 bridgehead atoms. The highest BCUT2D eigenvalue weighted by Gasteiger charge is 2.23. The molecule has 1 saturated heterocycles. The summed E-state index contributed by atoms with van der Waals surface area (Å²) in [5.74, 6) is 0.470. The van der Waals surface area contributed by atoms with E-state index in [0.29, 0.717) is 37.8 Å². The molecule has 5 heteroatoms. The minimum Gasteiger partial charge on any atom is -0.378 e. The van der Waals surface area contributed by atoms with Gasteiger partial charge < -0.3 is 15.0 Å². The molecule has 0 unspecified atom stereocenters. The van der Waals surface area contributed by atoms with Gasteiger partial charge in [0.2, 0.25) is 0 Å². The molecule has 1 N–H and O–H groups in total. The highest BCUT2D eigenvalue weighted by molar-refractivity contribution is 6.08. The Hall–Kier alpha value is -2.92. The van der Waals surface area contributed by atoms with Gasteiger partial charge in [-0.2, -0.15) is 0 Å². The highest BCUT2D eigenvalue weighted by atomic mass is 16.5. The zero-order valence-corrected chi connectivity index (χ0v) is 16.3. The number of hydrogen-bond acceptors (Lipinski definition) is 4. The van der Waals surface area contributed by atoms with E-state index in [1.807, 2.05) is 29.2 Å². The number of benzene rings is 2. The van der Waals surface area contributed by atoms with Crippen LogP contribution in [-0.4, -0.2) is 42.1 Å². The van der Waals surface area contributed by atoms with Crippen LogP contribution in [0.3, 0.4) is 0 Å². The van der Waals surface area contributed by atoms with Crippen LogP contribution in [0.15, 0.2) is 54.7 Å². The Balaban J connectivity index is 1.74. The summed E-state index contributed by atoms with van der Waals surface area (Å²) in [6.07, 6.45) is 1.69. The van der Waals surface area contributed by atoms with E-state index in [4.69, 9.17) is 4.74 Å². The van der Waals surface area contributed by atoms with Crippen molar-refractivity contribution in [3.8, 4) is 0 Å². The second kappa shape index (κ2) is 7.98. The quantitative estimate of drug-likeness (QED) is 0.725. The smallest absolute Gasteiger partial charge is 0.257 e. The summed E-state index contributed by atoms with van der Waals surface area (Å²) in [4.78, 5) is 19.5. The molecular formula is C23H25N3O2. The van der Waals surface area contributed by atoms with Crippen molar-refractivity contribution in [2.45, 2.75) is 19.8 Å². The van der Waals surface area contributed by atoms with E-state index >= 15 is 0 Å². The van der Waals surface area contributed by atoms with Crippen molar-refractivity contribution in [3.05, 3.63) is 65.9 Å². The van der Waals surface area contributed by atoms with Gasteiger partial charge in [-0.25, -0.2) is 0 Å². The van der Waals surface area contributed by atoms with E-state index in [2.05, 4.69) is 48.4 Å². The molecule has 0 saturated carbocycles. The lowest BCUT2D eigenvalue weighted by molar-refractivity contribution is 0.0303. The van der Waals surface area contributed by atoms with E-state index in [9.17, 15) is 4.79 Å². The first kappa shape index (κ1) is 18.4. The monoisotopic (exact) mass is 375 g/mol. The van der Waals surface area contributed by atoms with Crippen LogP contribution in [0.1, 0.15) is 35.7 Å². The minimum atomic E-state index is -0.0112. The molecule has 144 valence electrons. The largest absolute Gasteiger partial charge is 0.378 e. The van der Waals surface area contributed by atoms with Gasteiger partial charge in [-0.15, -0.1) is 0 Å². The lowest BCUT2D eigenvalue weighted by Gasteiger charge is -2.28. The third-order valence-electron chi connectivity index (χ3n) is 5.15. The van der Waals surface area contributed by atoms with Crippen molar-refractivity contribution >= 4 is 28.2 Å². The average Bonchev–Trinajstić information content (AvgIpc) is 2.74. The summed E-state index contributed by atoms with van der Waals surface area (Å²) in [6, 6.07) is 16.3. The van der Waals surface area contributed by atoms with Gasteiger partial charge in [-0.05, 0) is 29.7 Å². The number of amides is 1. The molecule has 1 fully saturated rings. The molecule has 2 heterocycles. The maximum Gasteiger partial charge on any atom is 0.257 e. The zero-order chi connectivity index (χ0) is 19.5. The number of nitrogens with zero attached hydrogens (tertiary/aromatic N) is 2. The molecule has 5 nitrogen and oxygen atoms in total. The van der Waals surface area contributed by atoms with Crippen LogP contribution >= 0.6 is 0 Å². The van der Waals surface area contributed by atoms with Crippen LogP contribution in [0, 0.1) is 0 Å². The van der Waals surface area contributed by atoms with Crippen molar-refractivity contribution in [3.63, 3.8) is 0 Å². The number of ether oxygens (including phenoxy) is 1. The summed E-state index contributed by atoms with van der Waals surface area (Å²) >= 11 is 0. The number of anilines is 2. The van der Waals surface area contributed by atoms with Gasteiger partial charge in [-0.1, -0.05) is 44.2 Å². The van der Waals surface area contributed by atoms with E-state index in [1.165, 1.54) is 5.56 Å². The van der Waals surface area contributed by atoms with E-state index in [-0.39, 0.29) is 5.91 Å². The second-order valence-corrected chi connectivity index (χ2v) is 7.37. The number of carbonyl (C=O) groups excluding carboxylic acids is 1. The molecule has 2 aromatic carbocycles. The molecule has 4 rings (SSSR count). The SMILES string of the molecule is CC(C)c1ccc(Nc2c(C(=O)N3CCOCC3)cnc3ccccc23)cc1. The average molecular weight is 375 g/mol. The van der Waals surface area contributed by atoms with Gasteiger partial charge in [0.05, 0.1) is 30.0 Å². The summed E-state index contributed by atoms with van der Waals surface area (Å²) in [6.45, 7) is 6.72. The Bertz CT molecular complexity index is 977. The molecule has 1 aliphatic rings. The maximum absolute atomic E-state index is 13.2. The van der Waals surface area contributed by atoms with Crippen molar-refractivity contribution in [1.82, 2.24) is 9.88 Å². The number of nitrogens with one attached hydrogen (secondary N) is 1. The molecule has 3 aromatic rings. The lowest BCUT2D eigenvalue weighted by Crippen LogP contribution is -2.41. The van der Waals surface area contributed by atoms with Crippen LogP contribution < -0.4 is 5.32 Å². The van der Waals surface area contributed by atoms with Crippen LogP contribution in [0.2, 0.25) is 0 Å². The summed E-state index contributed by atoms with van der Waals surface area (Å²) in [5.41, 5.74) is 4.50.